The highest BCUT2D eigenvalue weighted by Crippen LogP contribution is 2.00. The Hall–Kier alpha value is -1.39. The predicted octanol–water partition coefficient (Wildman–Crippen LogP) is 0.395. The van der Waals surface area contributed by atoms with Gasteiger partial charge >= 0.3 is 5.97 Å². The first-order valence-electron chi connectivity index (χ1n) is 4.24. The molecule has 1 aromatic rings. The summed E-state index contributed by atoms with van der Waals surface area (Å²) in [5.74, 6) is 0.697. The van der Waals surface area contributed by atoms with Crippen LogP contribution in [-0.4, -0.2) is 25.8 Å². The first kappa shape index (κ1) is 9.70. The smallest absolute Gasteiger partial charge is 0.303 e. The molecule has 0 fully saturated rings. The first-order chi connectivity index (χ1) is 6.13. The van der Waals surface area contributed by atoms with Gasteiger partial charge in [0.25, 0.3) is 0 Å². The van der Waals surface area contributed by atoms with Crippen LogP contribution in [0.3, 0.4) is 0 Å². The summed E-state index contributed by atoms with van der Waals surface area (Å²) in [6.45, 7) is 1.97. The first-order valence-corrected chi connectivity index (χ1v) is 4.24. The van der Waals surface area contributed by atoms with Gasteiger partial charge in [-0.2, -0.15) is 5.10 Å². The van der Waals surface area contributed by atoms with E-state index in [0.29, 0.717) is 6.42 Å². The Labute approximate surface area is 76.4 Å². The molecular weight excluding hydrogens is 170 g/mol. The van der Waals surface area contributed by atoms with Crippen molar-refractivity contribution in [1.82, 2.24) is 14.8 Å². The quantitative estimate of drug-likeness (QED) is 0.733. The maximum Gasteiger partial charge on any atom is 0.303 e. The maximum absolute atomic E-state index is 10.3. The molecule has 72 valence electrons. The number of carboxylic acids is 1. The number of aryl methyl sites for hydroxylation is 3. The van der Waals surface area contributed by atoms with E-state index in [1.54, 1.807) is 11.7 Å². The highest BCUT2D eigenvalue weighted by Gasteiger charge is 2.07. The van der Waals surface area contributed by atoms with Gasteiger partial charge in [0.2, 0.25) is 0 Å². The fraction of sp³-hybridized carbons (Fsp3) is 0.625. The summed E-state index contributed by atoms with van der Waals surface area (Å²) in [4.78, 5) is 14.5. The van der Waals surface area contributed by atoms with Gasteiger partial charge in [-0.1, -0.05) is 6.92 Å². The molecular formula is C8H13N3O2. The zero-order valence-corrected chi connectivity index (χ0v) is 7.82. The normalized spacial score (nSPS) is 10.3. The van der Waals surface area contributed by atoms with E-state index in [-0.39, 0.29) is 6.42 Å². The van der Waals surface area contributed by atoms with Gasteiger partial charge in [0, 0.05) is 19.9 Å². The van der Waals surface area contributed by atoms with E-state index in [4.69, 9.17) is 5.11 Å². The van der Waals surface area contributed by atoms with Crippen molar-refractivity contribution in [2.75, 3.05) is 0 Å². The van der Waals surface area contributed by atoms with Crippen molar-refractivity contribution in [3.63, 3.8) is 0 Å². The van der Waals surface area contributed by atoms with E-state index < -0.39 is 5.97 Å². The minimum atomic E-state index is -0.805. The molecule has 1 N–H and O–H groups in total. The number of carboxylic acid groups (broad SMARTS) is 1. The Bertz CT molecular complexity index is 306. The van der Waals surface area contributed by atoms with Crippen LogP contribution >= 0.6 is 0 Å². The molecule has 0 aliphatic heterocycles. The van der Waals surface area contributed by atoms with Crippen molar-refractivity contribution in [3.05, 3.63) is 11.6 Å². The molecule has 0 aromatic carbocycles. The maximum atomic E-state index is 10.3. The molecule has 1 aromatic heterocycles. The van der Waals surface area contributed by atoms with Gasteiger partial charge in [-0.3, -0.25) is 9.48 Å². The van der Waals surface area contributed by atoms with Gasteiger partial charge in [0.1, 0.15) is 5.82 Å². The van der Waals surface area contributed by atoms with Crippen molar-refractivity contribution in [3.8, 4) is 0 Å². The number of hydrogen-bond acceptors (Lipinski definition) is 3. The molecule has 0 radical (unpaired) electrons. The van der Waals surface area contributed by atoms with Crippen molar-refractivity contribution in [2.24, 2.45) is 7.05 Å². The monoisotopic (exact) mass is 183 g/mol. The predicted molar refractivity (Wildman–Crippen MR) is 46.3 cm³/mol. The van der Waals surface area contributed by atoms with Crippen LogP contribution in [0.4, 0.5) is 0 Å². The molecule has 0 aliphatic rings. The fourth-order valence-electron chi connectivity index (χ4n) is 1.06. The molecule has 0 saturated carbocycles. The lowest BCUT2D eigenvalue weighted by Crippen LogP contribution is -2.03. The molecule has 5 heteroatoms. The van der Waals surface area contributed by atoms with Gasteiger partial charge in [-0.15, -0.1) is 0 Å². The van der Waals surface area contributed by atoms with E-state index in [2.05, 4.69) is 10.1 Å². The van der Waals surface area contributed by atoms with Gasteiger partial charge in [-0.25, -0.2) is 4.98 Å². The highest BCUT2D eigenvalue weighted by molar-refractivity contribution is 5.66. The van der Waals surface area contributed by atoms with Crippen LogP contribution in [0.25, 0.3) is 0 Å². The lowest BCUT2D eigenvalue weighted by Gasteiger charge is -1.95. The Morgan fingerprint density at radius 3 is 2.77 bits per heavy atom. The minimum absolute atomic E-state index is 0.107. The largest absolute Gasteiger partial charge is 0.481 e. The van der Waals surface area contributed by atoms with Gasteiger partial charge in [0.05, 0.1) is 6.42 Å². The van der Waals surface area contributed by atoms with Crippen molar-refractivity contribution in [1.29, 1.82) is 0 Å². The third-order valence-electron chi connectivity index (χ3n) is 1.78. The number of nitrogens with zero attached hydrogens (tertiary/aromatic N) is 3. The Kier molecular flexibility index (Phi) is 3.00. The molecule has 1 heterocycles. The molecule has 0 saturated heterocycles. The Morgan fingerprint density at radius 1 is 1.62 bits per heavy atom. The number of carbonyl (C=O) groups is 1. The SMILES string of the molecule is CCc1nc(CCC(=O)O)n(C)n1. The Morgan fingerprint density at radius 2 is 2.31 bits per heavy atom. The highest BCUT2D eigenvalue weighted by atomic mass is 16.4. The number of aliphatic carboxylic acids is 1. The second-order valence-corrected chi connectivity index (χ2v) is 2.82. The van der Waals surface area contributed by atoms with Crippen LogP contribution in [0.1, 0.15) is 25.0 Å². The van der Waals surface area contributed by atoms with E-state index >= 15 is 0 Å². The van der Waals surface area contributed by atoms with Crippen molar-refractivity contribution in [2.45, 2.75) is 26.2 Å². The van der Waals surface area contributed by atoms with E-state index in [9.17, 15) is 4.79 Å². The second kappa shape index (κ2) is 4.02. The van der Waals surface area contributed by atoms with Crippen LogP contribution < -0.4 is 0 Å². The average molecular weight is 183 g/mol. The molecule has 0 amide bonds. The summed E-state index contributed by atoms with van der Waals surface area (Å²) < 4.78 is 1.64. The van der Waals surface area contributed by atoms with Crippen LogP contribution in [0.15, 0.2) is 0 Å². The standard InChI is InChI=1S/C8H13N3O2/c1-3-6-9-7(11(2)10-6)4-5-8(12)13/h3-5H2,1-2H3,(H,12,13). The molecule has 0 aliphatic carbocycles. The summed E-state index contributed by atoms with van der Waals surface area (Å²) in [5, 5.41) is 12.6. The number of aromatic nitrogens is 3. The van der Waals surface area contributed by atoms with Gasteiger partial charge in [-0.05, 0) is 0 Å². The second-order valence-electron chi connectivity index (χ2n) is 2.82. The molecule has 1 rings (SSSR count). The molecule has 0 unspecified atom stereocenters. The zero-order valence-electron chi connectivity index (χ0n) is 7.82. The lowest BCUT2D eigenvalue weighted by atomic mass is 10.3. The molecule has 0 atom stereocenters. The average Bonchev–Trinajstić information content (AvgIpc) is 2.43. The van der Waals surface area contributed by atoms with Crippen LogP contribution in [-0.2, 0) is 24.7 Å². The van der Waals surface area contributed by atoms with E-state index in [1.165, 1.54) is 0 Å². The topological polar surface area (TPSA) is 68.0 Å². The number of rotatable bonds is 4. The molecule has 0 bridgehead atoms. The van der Waals surface area contributed by atoms with Crippen molar-refractivity contribution >= 4 is 5.97 Å². The van der Waals surface area contributed by atoms with Crippen LogP contribution in [0, 0.1) is 0 Å². The third kappa shape index (κ3) is 2.54. The lowest BCUT2D eigenvalue weighted by molar-refractivity contribution is -0.137. The minimum Gasteiger partial charge on any atom is -0.481 e. The van der Waals surface area contributed by atoms with Crippen molar-refractivity contribution < 1.29 is 9.90 Å². The third-order valence-corrected chi connectivity index (χ3v) is 1.78. The summed E-state index contributed by atoms with van der Waals surface area (Å²) in [5.41, 5.74) is 0. The summed E-state index contributed by atoms with van der Waals surface area (Å²) in [7, 11) is 1.78. The van der Waals surface area contributed by atoms with E-state index in [1.807, 2.05) is 6.92 Å². The summed E-state index contributed by atoms with van der Waals surface area (Å²) in [6.07, 6.45) is 1.33. The summed E-state index contributed by atoms with van der Waals surface area (Å²) in [6, 6.07) is 0. The summed E-state index contributed by atoms with van der Waals surface area (Å²) >= 11 is 0. The fourth-order valence-corrected chi connectivity index (χ4v) is 1.06. The molecule has 13 heavy (non-hydrogen) atoms. The van der Waals surface area contributed by atoms with Crippen LogP contribution in [0.2, 0.25) is 0 Å². The molecule has 5 nitrogen and oxygen atoms in total. The van der Waals surface area contributed by atoms with Gasteiger partial charge < -0.3 is 5.11 Å². The molecule has 0 spiro atoms. The zero-order chi connectivity index (χ0) is 9.84. The Balaban J connectivity index is 2.65. The van der Waals surface area contributed by atoms with E-state index in [0.717, 1.165) is 18.1 Å². The van der Waals surface area contributed by atoms with Crippen LogP contribution in [0.5, 0.6) is 0 Å². The van der Waals surface area contributed by atoms with Gasteiger partial charge in [0.15, 0.2) is 5.82 Å². The number of hydrogen-bond donors (Lipinski definition) is 1.